The zero-order valence-electron chi connectivity index (χ0n) is 14.0. The van der Waals surface area contributed by atoms with E-state index in [1.165, 1.54) is 0 Å². The van der Waals surface area contributed by atoms with E-state index >= 15 is 0 Å². The molecule has 2 aliphatic rings. The predicted octanol–water partition coefficient (Wildman–Crippen LogP) is 1.30. The lowest BCUT2D eigenvalue weighted by molar-refractivity contribution is -0.162. The molecule has 7 heteroatoms. The molecule has 1 unspecified atom stereocenters. The highest BCUT2D eigenvalue weighted by atomic mass is 16.5. The maximum atomic E-state index is 12.5. The van der Waals surface area contributed by atoms with Gasteiger partial charge in [0.05, 0.1) is 6.10 Å². The molecule has 0 aliphatic carbocycles. The Morgan fingerprint density at radius 1 is 1.24 bits per heavy atom. The van der Waals surface area contributed by atoms with E-state index in [1.54, 1.807) is 29.2 Å². The molecule has 1 aromatic rings. The number of rotatable bonds is 5. The first-order valence-corrected chi connectivity index (χ1v) is 8.57. The maximum absolute atomic E-state index is 12.5. The van der Waals surface area contributed by atoms with Gasteiger partial charge >= 0.3 is 5.97 Å². The first-order valence-electron chi connectivity index (χ1n) is 8.57. The standard InChI is InChI=1S/C18H23NO6/c20-16(19-9-7-18(23,8-10-19)17(21)22)13-3-5-14(6-4-13)25-12-15-2-1-11-24-15/h3-6,15,23H,1-2,7-12H2,(H,21,22). The molecule has 0 bridgehead atoms. The van der Waals surface area contributed by atoms with Crippen molar-refractivity contribution >= 4 is 11.9 Å². The third-order valence-electron chi connectivity index (χ3n) is 4.84. The molecule has 0 radical (unpaired) electrons. The van der Waals surface area contributed by atoms with Crippen molar-refractivity contribution in [3.63, 3.8) is 0 Å². The van der Waals surface area contributed by atoms with Crippen LogP contribution < -0.4 is 4.74 Å². The fourth-order valence-corrected chi connectivity index (χ4v) is 3.13. The van der Waals surface area contributed by atoms with Crippen molar-refractivity contribution in [3.8, 4) is 5.75 Å². The third kappa shape index (κ3) is 4.11. The van der Waals surface area contributed by atoms with Gasteiger partial charge in [-0.05, 0) is 37.1 Å². The Kier molecular flexibility index (Phi) is 5.24. The minimum atomic E-state index is -1.73. The van der Waals surface area contributed by atoms with Gasteiger partial charge in [-0.15, -0.1) is 0 Å². The van der Waals surface area contributed by atoms with Crippen LogP contribution in [0, 0.1) is 0 Å². The Bertz CT molecular complexity index is 615. The molecule has 0 spiro atoms. The number of carboxylic acid groups (broad SMARTS) is 1. The van der Waals surface area contributed by atoms with Gasteiger partial charge < -0.3 is 24.6 Å². The first kappa shape index (κ1) is 17.7. The third-order valence-corrected chi connectivity index (χ3v) is 4.84. The lowest BCUT2D eigenvalue weighted by Gasteiger charge is -2.35. The smallest absolute Gasteiger partial charge is 0.335 e. The number of carbonyl (C=O) groups excluding carboxylic acids is 1. The van der Waals surface area contributed by atoms with Gasteiger partial charge in [0.25, 0.3) is 5.91 Å². The van der Waals surface area contributed by atoms with Gasteiger partial charge in [0.1, 0.15) is 12.4 Å². The van der Waals surface area contributed by atoms with E-state index in [9.17, 15) is 14.7 Å². The number of aliphatic carboxylic acids is 1. The van der Waals surface area contributed by atoms with E-state index in [0.29, 0.717) is 17.9 Å². The molecule has 0 saturated carbocycles. The predicted molar refractivity (Wildman–Crippen MR) is 88.6 cm³/mol. The van der Waals surface area contributed by atoms with Crippen molar-refractivity contribution in [1.29, 1.82) is 0 Å². The van der Waals surface area contributed by atoms with Crippen molar-refractivity contribution in [2.24, 2.45) is 0 Å². The zero-order valence-corrected chi connectivity index (χ0v) is 14.0. The van der Waals surface area contributed by atoms with Crippen LogP contribution in [0.5, 0.6) is 5.75 Å². The lowest BCUT2D eigenvalue weighted by atomic mass is 9.91. The van der Waals surface area contributed by atoms with Crippen LogP contribution in [0.1, 0.15) is 36.0 Å². The van der Waals surface area contributed by atoms with Crippen LogP contribution in [0.15, 0.2) is 24.3 Å². The second kappa shape index (κ2) is 7.41. The molecule has 0 aromatic heterocycles. The summed E-state index contributed by atoms with van der Waals surface area (Å²) in [6.07, 6.45) is 2.29. The van der Waals surface area contributed by atoms with Crippen LogP contribution in [0.25, 0.3) is 0 Å². The molecular formula is C18H23NO6. The number of hydrogen-bond acceptors (Lipinski definition) is 5. The van der Waals surface area contributed by atoms with Crippen molar-refractivity contribution in [1.82, 2.24) is 4.90 Å². The summed E-state index contributed by atoms with van der Waals surface area (Å²) in [4.78, 5) is 25.1. The summed E-state index contributed by atoms with van der Waals surface area (Å²) in [7, 11) is 0. The number of carboxylic acids is 1. The van der Waals surface area contributed by atoms with Crippen molar-refractivity contribution in [2.75, 3.05) is 26.3 Å². The van der Waals surface area contributed by atoms with Gasteiger partial charge in [0.2, 0.25) is 0 Å². The molecule has 1 aromatic carbocycles. The molecule has 3 rings (SSSR count). The van der Waals surface area contributed by atoms with E-state index < -0.39 is 11.6 Å². The van der Waals surface area contributed by atoms with Gasteiger partial charge in [-0.1, -0.05) is 0 Å². The Labute approximate surface area is 146 Å². The minimum Gasteiger partial charge on any atom is -0.491 e. The number of likely N-dealkylation sites (tertiary alicyclic amines) is 1. The second-order valence-electron chi connectivity index (χ2n) is 6.60. The Morgan fingerprint density at radius 3 is 2.48 bits per heavy atom. The maximum Gasteiger partial charge on any atom is 0.335 e. The molecule has 136 valence electrons. The summed E-state index contributed by atoms with van der Waals surface area (Å²) in [5.41, 5.74) is -1.21. The highest BCUT2D eigenvalue weighted by Gasteiger charge is 2.40. The van der Waals surface area contributed by atoms with Crippen LogP contribution in [0.4, 0.5) is 0 Å². The Balaban J connectivity index is 1.53. The number of carbonyl (C=O) groups is 2. The van der Waals surface area contributed by atoms with E-state index in [2.05, 4.69) is 0 Å². The summed E-state index contributed by atoms with van der Waals surface area (Å²) in [6, 6.07) is 6.90. The molecule has 25 heavy (non-hydrogen) atoms. The van der Waals surface area contributed by atoms with Crippen LogP contribution in [-0.4, -0.2) is 65.0 Å². The Morgan fingerprint density at radius 2 is 1.92 bits per heavy atom. The SMILES string of the molecule is O=C(c1ccc(OCC2CCCO2)cc1)N1CCC(O)(C(=O)O)CC1. The lowest BCUT2D eigenvalue weighted by Crippen LogP contribution is -2.50. The number of benzene rings is 1. The molecule has 2 heterocycles. The summed E-state index contributed by atoms with van der Waals surface area (Å²) in [5.74, 6) is -0.712. The summed E-state index contributed by atoms with van der Waals surface area (Å²) in [5, 5.41) is 19.0. The number of piperidine rings is 1. The molecule has 7 nitrogen and oxygen atoms in total. The van der Waals surface area contributed by atoms with Crippen LogP contribution in [0.3, 0.4) is 0 Å². The van der Waals surface area contributed by atoms with Crippen molar-refractivity contribution < 1.29 is 29.3 Å². The average Bonchev–Trinajstić information content (AvgIpc) is 3.14. The Hall–Kier alpha value is -2.12. The van der Waals surface area contributed by atoms with E-state index in [1.807, 2.05) is 0 Å². The zero-order chi connectivity index (χ0) is 17.9. The fourth-order valence-electron chi connectivity index (χ4n) is 3.13. The van der Waals surface area contributed by atoms with Gasteiger partial charge in [0.15, 0.2) is 5.60 Å². The molecule has 2 N–H and O–H groups in total. The molecule has 2 fully saturated rings. The van der Waals surface area contributed by atoms with E-state index in [0.717, 1.165) is 19.4 Å². The quantitative estimate of drug-likeness (QED) is 0.832. The highest BCUT2D eigenvalue weighted by Crippen LogP contribution is 2.24. The molecule has 1 atom stereocenters. The monoisotopic (exact) mass is 349 g/mol. The minimum absolute atomic E-state index is 0.0383. The van der Waals surface area contributed by atoms with E-state index in [-0.39, 0.29) is 37.9 Å². The summed E-state index contributed by atoms with van der Waals surface area (Å²) in [6.45, 7) is 1.74. The number of aliphatic hydroxyl groups is 1. The van der Waals surface area contributed by atoms with Gasteiger partial charge in [0, 0.05) is 38.1 Å². The number of nitrogens with zero attached hydrogens (tertiary/aromatic N) is 1. The second-order valence-corrected chi connectivity index (χ2v) is 6.60. The molecule has 2 aliphatic heterocycles. The first-order chi connectivity index (χ1) is 12.0. The topological polar surface area (TPSA) is 96.3 Å². The number of ether oxygens (including phenoxy) is 2. The number of amides is 1. The van der Waals surface area contributed by atoms with Gasteiger partial charge in [-0.2, -0.15) is 0 Å². The van der Waals surface area contributed by atoms with Gasteiger partial charge in [-0.25, -0.2) is 4.79 Å². The molecule has 1 amide bonds. The normalized spacial score (nSPS) is 22.6. The summed E-state index contributed by atoms with van der Waals surface area (Å²) >= 11 is 0. The largest absolute Gasteiger partial charge is 0.491 e. The fraction of sp³-hybridized carbons (Fsp3) is 0.556. The highest BCUT2D eigenvalue weighted by molar-refractivity contribution is 5.94. The van der Waals surface area contributed by atoms with Gasteiger partial charge in [-0.3, -0.25) is 4.79 Å². The van der Waals surface area contributed by atoms with Crippen LogP contribution in [-0.2, 0) is 9.53 Å². The number of hydrogen-bond donors (Lipinski definition) is 2. The average molecular weight is 349 g/mol. The molecule has 2 saturated heterocycles. The van der Waals surface area contributed by atoms with Crippen molar-refractivity contribution in [2.45, 2.75) is 37.4 Å². The van der Waals surface area contributed by atoms with Crippen molar-refractivity contribution in [3.05, 3.63) is 29.8 Å². The van der Waals surface area contributed by atoms with E-state index in [4.69, 9.17) is 14.6 Å². The van der Waals surface area contributed by atoms with Crippen LogP contribution >= 0.6 is 0 Å². The van der Waals surface area contributed by atoms with Crippen LogP contribution in [0.2, 0.25) is 0 Å². The molecular weight excluding hydrogens is 326 g/mol. The summed E-state index contributed by atoms with van der Waals surface area (Å²) < 4.78 is 11.2.